The van der Waals surface area contributed by atoms with Gasteiger partial charge in [-0.15, -0.1) is 11.3 Å². The number of aryl methyl sites for hydroxylation is 1. The lowest BCUT2D eigenvalue weighted by atomic mass is 10.1. The molecule has 27 heavy (non-hydrogen) atoms. The molecule has 1 unspecified atom stereocenters. The van der Waals surface area contributed by atoms with Gasteiger partial charge in [0.15, 0.2) is 4.96 Å². The lowest BCUT2D eigenvalue weighted by Gasteiger charge is -2.22. The second-order valence-electron chi connectivity index (χ2n) is 6.80. The smallest absolute Gasteiger partial charge is 0.259 e. The zero-order valence-electron chi connectivity index (χ0n) is 15.4. The number of hydrogen-bond acceptors (Lipinski definition) is 5. The summed E-state index contributed by atoms with van der Waals surface area (Å²) in [6.45, 7) is 3.91. The second-order valence-corrected chi connectivity index (χ2v) is 7.86. The molecule has 1 aliphatic rings. The molecular weight excluding hydrogens is 365 g/mol. The van der Waals surface area contributed by atoms with Gasteiger partial charge in [0.2, 0.25) is 0 Å². The number of aromatic nitrogens is 2. The lowest BCUT2D eigenvalue weighted by molar-refractivity contribution is 0.177. The molecular formula is C20H22FN3O2S. The maximum Gasteiger partial charge on any atom is 0.259 e. The summed E-state index contributed by atoms with van der Waals surface area (Å²) in [5, 5.41) is 0. The number of rotatable bonds is 6. The molecule has 7 heteroatoms. The first-order chi connectivity index (χ1) is 13.1. The minimum absolute atomic E-state index is 0.0364. The van der Waals surface area contributed by atoms with E-state index < -0.39 is 0 Å². The topological polar surface area (TPSA) is 46.8 Å². The van der Waals surface area contributed by atoms with Crippen molar-refractivity contribution in [2.45, 2.75) is 32.2 Å². The molecule has 0 spiro atoms. The average molecular weight is 387 g/mol. The highest BCUT2D eigenvalue weighted by molar-refractivity contribution is 7.17. The third-order valence-electron chi connectivity index (χ3n) is 5.08. The number of methoxy groups -OCH3 is 1. The monoisotopic (exact) mass is 387 g/mol. The van der Waals surface area contributed by atoms with Gasteiger partial charge in [0, 0.05) is 41.9 Å². The highest BCUT2D eigenvalue weighted by atomic mass is 32.1. The maximum atomic E-state index is 13.2. The van der Waals surface area contributed by atoms with E-state index in [1.165, 1.54) is 17.0 Å². The molecule has 1 aliphatic carbocycles. The molecule has 0 saturated carbocycles. The fourth-order valence-electron chi connectivity index (χ4n) is 3.79. The summed E-state index contributed by atoms with van der Waals surface area (Å²) in [6.07, 6.45) is 2.00. The summed E-state index contributed by atoms with van der Waals surface area (Å²) in [4.78, 5) is 21.7. The Morgan fingerprint density at radius 3 is 2.85 bits per heavy atom. The Bertz CT molecular complexity index is 1010. The summed E-state index contributed by atoms with van der Waals surface area (Å²) in [7, 11) is 1.69. The van der Waals surface area contributed by atoms with E-state index in [4.69, 9.17) is 9.72 Å². The Morgan fingerprint density at radius 2 is 2.15 bits per heavy atom. The number of nitrogens with zero attached hydrogens (tertiary/aromatic N) is 3. The van der Waals surface area contributed by atoms with Crippen molar-refractivity contribution < 1.29 is 9.13 Å². The van der Waals surface area contributed by atoms with E-state index in [-0.39, 0.29) is 17.3 Å². The molecule has 0 fully saturated rings. The van der Waals surface area contributed by atoms with Crippen molar-refractivity contribution in [2.75, 3.05) is 25.2 Å². The van der Waals surface area contributed by atoms with E-state index in [0.29, 0.717) is 13.2 Å². The molecule has 2 aromatic heterocycles. The van der Waals surface area contributed by atoms with E-state index in [1.807, 2.05) is 6.92 Å². The molecule has 1 aromatic carbocycles. The summed E-state index contributed by atoms with van der Waals surface area (Å²) in [6, 6.07) is 8.01. The Labute approximate surface area is 161 Å². The molecule has 0 aliphatic heterocycles. The van der Waals surface area contributed by atoms with Crippen LogP contribution >= 0.6 is 11.3 Å². The first kappa shape index (κ1) is 18.1. The molecule has 0 amide bonds. The molecule has 0 N–H and O–H groups in total. The zero-order chi connectivity index (χ0) is 19.0. The molecule has 2 heterocycles. The molecule has 0 bridgehead atoms. The molecule has 4 rings (SSSR count). The Morgan fingerprint density at radius 1 is 1.37 bits per heavy atom. The molecule has 0 saturated heterocycles. The van der Waals surface area contributed by atoms with Crippen molar-refractivity contribution in [2.24, 2.45) is 0 Å². The Kier molecular flexibility index (Phi) is 4.97. The fraction of sp³-hybridized carbons (Fsp3) is 0.400. The van der Waals surface area contributed by atoms with Crippen molar-refractivity contribution in [3.8, 4) is 0 Å². The van der Waals surface area contributed by atoms with Crippen LogP contribution < -0.4 is 10.5 Å². The van der Waals surface area contributed by atoms with Gasteiger partial charge in [0.25, 0.3) is 5.56 Å². The van der Waals surface area contributed by atoms with Gasteiger partial charge in [0.1, 0.15) is 5.82 Å². The Balaban J connectivity index is 1.68. The number of hydrogen-bond donors (Lipinski definition) is 0. The number of thiazole rings is 1. The van der Waals surface area contributed by atoms with Gasteiger partial charge in [0.05, 0.1) is 18.8 Å². The standard InChI is InChI=1S/C20H22FN3O2S/c1-3-23(16-7-5-14(21)6-8-16)11-15-10-18(25)24-19-13(12-26-2)4-9-17(19)27-20(24)22-15/h5-8,10,13H,3-4,9,11-12H2,1-2H3. The zero-order valence-corrected chi connectivity index (χ0v) is 16.3. The summed E-state index contributed by atoms with van der Waals surface area (Å²) in [5.74, 6) is 0.00163. The van der Waals surface area contributed by atoms with Gasteiger partial charge < -0.3 is 9.64 Å². The number of benzene rings is 1. The van der Waals surface area contributed by atoms with Gasteiger partial charge in [-0.05, 0) is 44.0 Å². The van der Waals surface area contributed by atoms with Crippen LogP contribution in [0.1, 0.15) is 35.5 Å². The number of halogens is 1. The highest BCUT2D eigenvalue weighted by Crippen LogP contribution is 2.37. The van der Waals surface area contributed by atoms with Gasteiger partial charge in [-0.25, -0.2) is 9.37 Å². The van der Waals surface area contributed by atoms with E-state index in [2.05, 4.69) is 4.90 Å². The van der Waals surface area contributed by atoms with Crippen LogP contribution in [0.4, 0.5) is 10.1 Å². The van der Waals surface area contributed by atoms with Crippen LogP contribution in [0, 0.1) is 5.82 Å². The van der Waals surface area contributed by atoms with Crippen LogP contribution in [0.3, 0.4) is 0 Å². The van der Waals surface area contributed by atoms with Crippen LogP contribution in [0.25, 0.3) is 4.96 Å². The fourth-order valence-corrected chi connectivity index (χ4v) is 5.04. The van der Waals surface area contributed by atoms with Gasteiger partial charge >= 0.3 is 0 Å². The van der Waals surface area contributed by atoms with E-state index in [0.717, 1.165) is 41.4 Å². The quantitative estimate of drug-likeness (QED) is 0.648. The second kappa shape index (κ2) is 7.40. The van der Waals surface area contributed by atoms with Crippen molar-refractivity contribution in [1.29, 1.82) is 0 Å². The van der Waals surface area contributed by atoms with Crippen LogP contribution in [0.5, 0.6) is 0 Å². The third kappa shape index (κ3) is 3.37. The number of ether oxygens (including phenoxy) is 1. The van der Waals surface area contributed by atoms with Crippen molar-refractivity contribution >= 4 is 22.0 Å². The molecule has 0 radical (unpaired) electrons. The summed E-state index contributed by atoms with van der Waals surface area (Å²) in [5.41, 5.74) is 2.68. The van der Waals surface area contributed by atoms with Crippen LogP contribution in [0.15, 0.2) is 35.1 Å². The van der Waals surface area contributed by atoms with Gasteiger partial charge in [-0.1, -0.05) is 0 Å². The lowest BCUT2D eigenvalue weighted by Crippen LogP contribution is -2.25. The molecule has 1 atom stereocenters. The first-order valence-corrected chi connectivity index (χ1v) is 9.96. The third-order valence-corrected chi connectivity index (χ3v) is 6.20. The first-order valence-electron chi connectivity index (χ1n) is 9.14. The number of anilines is 1. The van der Waals surface area contributed by atoms with E-state index in [1.54, 1.807) is 41.0 Å². The molecule has 3 aromatic rings. The van der Waals surface area contributed by atoms with Crippen molar-refractivity contribution in [3.05, 3.63) is 62.8 Å². The van der Waals surface area contributed by atoms with Crippen LogP contribution in [0.2, 0.25) is 0 Å². The largest absolute Gasteiger partial charge is 0.384 e. The highest BCUT2D eigenvalue weighted by Gasteiger charge is 2.29. The average Bonchev–Trinajstić information content (AvgIpc) is 3.20. The summed E-state index contributed by atoms with van der Waals surface area (Å²) < 4.78 is 20.3. The van der Waals surface area contributed by atoms with Crippen molar-refractivity contribution in [1.82, 2.24) is 9.38 Å². The normalized spacial score (nSPS) is 16.0. The predicted molar refractivity (Wildman–Crippen MR) is 105 cm³/mol. The SMILES string of the molecule is CCN(Cc1cc(=O)n2c3c(sc2n1)CCC3COC)c1ccc(F)cc1. The predicted octanol–water partition coefficient (Wildman–Crippen LogP) is 3.60. The minimum atomic E-state index is -0.258. The van der Waals surface area contributed by atoms with Gasteiger partial charge in [-0.2, -0.15) is 0 Å². The van der Waals surface area contributed by atoms with Crippen LogP contribution in [-0.2, 0) is 17.7 Å². The minimum Gasteiger partial charge on any atom is -0.384 e. The molecule has 5 nitrogen and oxygen atoms in total. The Hall–Kier alpha value is -2.25. The van der Waals surface area contributed by atoms with Crippen LogP contribution in [-0.4, -0.2) is 29.6 Å². The van der Waals surface area contributed by atoms with Gasteiger partial charge in [-0.3, -0.25) is 9.20 Å². The van der Waals surface area contributed by atoms with E-state index in [9.17, 15) is 9.18 Å². The van der Waals surface area contributed by atoms with Crippen molar-refractivity contribution in [3.63, 3.8) is 0 Å². The van der Waals surface area contributed by atoms with E-state index >= 15 is 0 Å². The summed E-state index contributed by atoms with van der Waals surface area (Å²) >= 11 is 1.60. The molecule has 142 valence electrons. The maximum absolute atomic E-state index is 13.2. The number of fused-ring (bicyclic) bond motifs is 3.